The van der Waals surface area contributed by atoms with Crippen LogP contribution in [0.4, 0.5) is 0 Å². The third-order valence-electron chi connectivity index (χ3n) is 2.54. The highest BCUT2D eigenvalue weighted by molar-refractivity contribution is 7.90. The monoisotopic (exact) mass is 318 g/mol. The van der Waals surface area contributed by atoms with Crippen molar-refractivity contribution in [3.8, 4) is 0 Å². The molecule has 0 spiro atoms. The van der Waals surface area contributed by atoms with E-state index in [1.54, 1.807) is 12.1 Å². The predicted molar refractivity (Wildman–Crippen MR) is 73.9 cm³/mol. The van der Waals surface area contributed by atoms with Crippen LogP contribution in [0, 0.1) is 0 Å². The molecule has 0 saturated carbocycles. The predicted octanol–water partition coefficient (Wildman–Crippen LogP) is 0.423. The summed E-state index contributed by atoms with van der Waals surface area (Å²) in [6.07, 6.45) is 0. The second-order valence-electron chi connectivity index (χ2n) is 3.88. The Morgan fingerprint density at radius 2 is 1.53 bits per heavy atom. The van der Waals surface area contributed by atoms with Crippen LogP contribution < -0.4 is 10.3 Å². The maximum Gasteiger partial charge on any atom is 0.238 e. The van der Waals surface area contributed by atoms with Crippen LogP contribution >= 0.6 is 12.6 Å². The molecule has 9 heteroatoms. The molecule has 0 unspecified atom stereocenters. The molecule has 2 aromatic carbocycles. The van der Waals surface area contributed by atoms with E-state index in [4.69, 9.17) is 10.3 Å². The van der Waals surface area contributed by atoms with Crippen molar-refractivity contribution >= 4 is 43.4 Å². The van der Waals surface area contributed by atoms with E-state index in [9.17, 15) is 16.8 Å². The number of thiol groups is 1. The second kappa shape index (κ2) is 4.46. The third-order valence-corrected chi connectivity index (χ3v) is 4.78. The number of primary sulfonamides is 2. The summed E-state index contributed by atoms with van der Waals surface area (Å²) in [6.45, 7) is 0. The fraction of sp³-hybridized carbons (Fsp3) is 0. The zero-order valence-corrected chi connectivity index (χ0v) is 12.0. The Morgan fingerprint density at radius 1 is 0.895 bits per heavy atom. The molecule has 2 rings (SSSR count). The molecule has 6 nitrogen and oxygen atoms in total. The third kappa shape index (κ3) is 2.74. The van der Waals surface area contributed by atoms with Gasteiger partial charge in [-0.25, -0.2) is 27.1 Å². The van der Waals surface area contributed by atoms with E-state index in [1.165, 1.54) is 12.1 Å². The molecule has 0 aliphatic rings. The first-order valence-corrected chi connectivity index (χ1v) is 8.46. The summed E-state index contributed by atoms with van der Waals surface area (Å²) < 4.78 is 45.9. The average molecular weight is 318 g/mol. The largest absolute Gasteiger partial charge is 0.238 e. The zero-order valence-electron chi connectivity index (χ0n) is 9.44. The van der Waals surface area contributed by atoms with Gasteiger partial charge in [0.2, 0.25) is 20.0 Å². The Balaban J connectivity index is 3.06. The smallest absolute Gasteiger partial charge is 0.225 e. The highest BCUT2D eigenvalue weighted by atomic mass is 32.2. The lowest BCUT2D eigenvalue weighted by Crippen LogP contribution is -2.16. The first-order chi connectivity index (χ1) is 8.60. The summed E-state index contributed by atoms with van der Waals surface area (Å²) in [4.78, 5) is -0.205. The van der Waals surface area contributed by atoms with Crippen LogP contribution in [0.15, 0.2) is 45.0 Å². The summed E-state index contributed by atoms with van der Waals surface area (Å²) in [5, 5.41) is 10.8. The summed E-state index contributed by atoms with van der Waals surface area (Å²) >= 11 is 4.16. The fourth-order valence-electron chi connectivity index (χ4n) is 1.71. The van der Waals surface area contributed by atoms with Crippen molar-refractivity contribution in [1.29, 1.82) is 0 Å². The van der Waals surface area contributed by atoms with E-state index < -0.39 is 20.0 Å². The molecule has 4 N–H and O–H groups in total. The minimum absolute atomic E-state index is 0.294. The van der Waals surface area contributed by atoms with Gasteiger partial charge in [0.1, 0.15) is 0 Å². The van der Waals surface area contributed by atoms with Crippen molar-refractivity contribution in [3.63, 3.8) is 0 Å². The zero-order chi connectivity index (χ0) is 14.4. The Bertz CT molecular complexity index is 873. The molecule has 0 aromatic heterocycles. The van der Waals surface area contributed by atoms with Gasteiger partial charge in [0.05, 0.1) is 9.79 Å². The van der Waals surface area contributed by atoms with Crippen LogP contribution in [-0.2, 0) is 20.0 Å². The number of nitrogens with two attached hydrogens (primary N) is 2. The SMILES string of the molecule is NS(=O)(=O)c1cc(S(N)(=O)=O)c2cccc(S)c2c1. The maximum atomic E-state index is 11.6. The van der Waals surface area contributed by atoms with E-state index >= 15 is 0 Å². The van der Waals surface area contributed by atoms with Gasteiger partial charge in [0.25, 0.3) is 0 Å². The number of hydrogen-bond acceptors (Lipinski definition) is 5. The standard InChI is InChI=1S/C10H10N2O4S3/c11-18(13,14)6-4-8-7(2-1-3-9(8)17)10(5-6)19(12,15)16/h1-5,17H,(H2,11,13,14)(H2,12,15,16). The molecule has 0 heterocycles. The molecule has 19 heavy (non-hydrogen) atoms. The average Bonchev–Trinajstić information content (AvgIpc) is 2.25. The number of benzene rings is 2. The van der Waals surface area contributed by atoms with Gasteiger partial charge >= 0.3 is 0 Å². The Kier molecular flexibility index (Phi) is 3.35. The van der Waals surface area contributed by atoms with Gasteiger partial charge in [-0.3, -0.25) is 0 Å². The van der Waals surface area contributed by atoms with Crippen molar-refractivity contribution < 1.29 is 16.8 Å². The lowest BCUT2D eigenvalue weighted by Gasteiger charge is -2.09. The summed E-state index contributed by atoms with van der Waals surface area (Å²) in [7, 11) is -8.13. The minimum Gasteiger partial charge on any atom is -0.225 e. The van der Waals surface area contributed by atoms with Crippen LogP contribution in [0.2, 0.25) is 0 Å². The summed E-state index contributed by atoms with van der Waals surface area (Å²) in [5.41, 5.74) is 0. The van der Waals surface area contributed by atoms with Crippen LogP contribution in [0.3, 0.4) is 0 Å². The molecule has 0 atom stereocenters. The van der Waals surface area contributed by atoms with Gasteiger partial charge in [0, 0.05) is 10.3 Å². The van der Waals surface area contributed by atoms with Crippen LogP contribution in [0.1, 0.15) is 0 Å². The quantitative estimate of drug-likeness (QED) is 0.695. The molecule has 2 aromatic rings. The van der Waals surface area contributed by atoms with Crippen molar-refractivity contribution in [2.45, 2.75) is 14.7 Å². The van der Waals surface area contributed by atoms with E-state index in [1.807, 2.05) is 0 Å². The Morgan fingerprint density at radius 3 is 2.05 bits per heavy atom. The van der Waals surface area contributed by atoms with Crippen molar-refractivity contribution in [1.82, 2.24) is 0 Å². The van der Waals surface area contributed by atoms with E-state index in [-0.39, 0.29) is 9.79 Å². The van der Waals surface area contributed by atoms with E-state index in [0.717, 1.165) is 6.07 Å². The van der Waals surface area contributed by atoms with Crippen molar-refractivity contribution in [3.05, 3.63) is 30.3 Å². The number of rotatable bonds is 2. The highest BCUT2D eigenvalue weighted by Crippen LogP contribution is 2.30. The van der Waals surface area contributed by atoms with Gasteiger partial charge < -0.3 is 0 Å². The first kappa shape index (κ1) is 14.3. The fourth-order valence-corrected chi connectivity index (χ4v) is 3.40. The lowest BCUT2D eigenvalue weighted by atomic mass is 10.1. The minimum atomic E-state index is -4.08. The topological polar surface area (TPSA) is 120 Å². The van der Waals surface area contributed by atoms with E-state index in [2.05, 4.69) is 12.6 Å². The summed E-state index contributed by atoms with van der Waals surface area (Å²) in [6, 6.07) is 6.92. The maximum absolute atomic E-state index is 11.6. The van der Waals surface area contributed by atoms with Gasteiger partial charge in [-0.05, 0) is 23.6 Å². The molecule has 0 amide bonds. The Labute approximate surface area is 115 Å². The number of fused-ring (bicyclic) bond motifs is 1. The summed E-state index contributed by atoms with van der Waals surface area (Å²) in [5.74, 6) is 0. The lowest BCUT2D eigenvalue weighted by molar-refractivity contribution is 0.596. The van der Waals surface area contributed by atoms with Gasteiger partial charge in [-0.2, -0.15) is 0 Å². The van der Waals surface area contributed by atoms with Gasteiger partial charge in [-0.1, -0.05) is 12.1 Å². The normalized spacial score (nSPS) is 12.8. The second-order valence-corrected chi connectivity index (χ2v) is 7.46. The van der Waals surface area contributed by atoms with Crippen molar-refractivity contribution in [2.75, 3.05) is 0 Å². The number of sulfonamides is 2. The molecule has 0 bridgehead atoms. The Hall–Kier alpha value is -1.13. The molecular weight excluding hydrogens is 308 g/mol. The van der Waals surface area contributed by atoms with Gasteiger partial charge in [0.15, 0.2) is 0 Å². The van der Waals surface area contributed by atoms with Crippen LogP contribution in [0.5, 0.6) is 0 Å². The first-order valence-electron chi connectivity index (χ1n) is 4.92. The molecule has 0 aliphatic carbocycles. The highest BCUT2D eigenvalue weighted by Gasteiger charge is 2.19. The van der Waals surface area contributed by atoms with Gasteiger partial charge in [-0.15, -0.1) is 12.6 Å². The van der Waals surface area contributed by atoms with Crippen LogP contribution in [0.25, 0.3) is 10.8 Å². The molecule has 102 valence electrons. The van der Waals surface area contributed by atoms with Crippen molar-refractivity contribution in [2.24, 2.45) is 10.3 Å². The number of hydrogen-bond donors (Lipinski definition) is 3. The van der Waals surface area contributed by atoms with Crippen LogP contribution in [-0.4, -0.2) is 16.8 Å². The molecule has 0 fully saturated rings. The van der Waals surface area contributed by atoms with E-state index in [0.29, 0.717) is 15.7 Å². The molecular formula is C10H10N2O4S3. The molecule has 0 aliphatic heterocycles. The molecule has 0 saturated heterocycles. The molecule has 0 radical (unpaired) electrons.